The van der Waals surface area contributed by atoms with Gasteiger partial charge in [0.2, 0.25) is 5.95 Å². The van der Waals surface area contributed by atoms with Crippen LogP contribution in [0.4, 0.5) is 5.95 Å². The fraction of sp³-hybridized carbons (Fsp3) is 0.318. The minimum absolute atomic E-state index is 0.740. The Morgan fingerprint density at radius 3 is 2.39 bits per heavy atom. The van der Waals surface area contributed by atoms with E-state index in [-0.39, 0.29) is 0 Å². The van der Waals surface area contributed by atoms with E-state index in [0.717, 1.165) is 61.8 Å². The van der Waals surface area contributed by atoms with Crippen LogP contribution in [0.5, 0.6) is 0 Å². The third-order valence-corrected chi connectivity index (χ3v) is 5.58. The molecule has 0 radical (unpaired) electrons. The zero-order valence-corrected chi connectivity index (χ0v) is 16.1. The van der Waals surface area contributed by atoms with Crippen molar-refractivity contribution in [2.75, 3.05) is 31.1 Å². The summed E-state index contributed by atoms with van der Waals surface area (Å²) in [5.41, 5.74) is 4.36. The number of para-hydroxylation sites is 1. The second-order valence-electron chi connectivity index (χ2n) is 7.29. The van der Waals surface area contributed by atoms with E-state index in [2.05, 4.69) is 80.0 Å². The van der Waals surface area contributed by atoms with Gasteiger partial charge in [0.05, 0.1) is 5.52 Å². The number of fused-ring (bicyclic) bond motifs is 3. The quantitative estimate of drug-likeness (QED) is 0.550. The van der Waals surface area contributed by atoms with E-state index >= 15 is 0 Å². The minimum Gasteiger partial charge on any atom is -0.337 e. The molecule has 1 saturated heterocycles. The fourth-order valence-corrected chi connectivity index (χ4v) is 4.10. The highest BCUT2D eigenvalue weighted by Gasteiger charge is 2.21. The molecule has 3 heterocycles. The van der Waals surface area contributed by atoms with Gasteiger partial charge < -0.3 is 9.47 Å². The molecule has 28 heavy (non-hydrogen) atoms. The SMILES string of the molecule is CCn1c2ccccc2c2nnc(N3CCN(Cc4ccccc4)CC3)nc21. The fourth-order valence-electron chi connectivity index (χ4n) is 4.10. The van der Waals surface area contributed by atoms with E-state index in [1.165, 1.54) is 11.1 Å². The molecule has 0 atom stereocenters. The van der Waals surface area contributed by atoms with Crippen molar-refractivity contribution in [2.45, 2.75) is 20.0 Å². The Balaban J connectivity index is 1.38. The molecule has 2 aromatic carbocycles. The summed E-state index contributed by atoms with van der Waals surface area (Å²) in [6.07, 6.45) is 0. The summed E-state index contributed by atoms with van der Waals surface area (Å²) in [6, 6.07) is 19.0. The lowest BCUT2D eigenvalue weighted by Crippen LogP contribution is -2.46. The highest BCUT2D eigenvalue weighted by Crippen LogP contribution is 2.27. The molecule has 0 bridgehead atoms. The van der Waals surface area contributed by atoms with Crippen molar-refractivity contribution < 1.29 is 0 Å². The maximum Gasteiger partial charge on any atom is 0.247 e. The van der Waals surface area contributed by atoms with Gasteiger partial charge >= 0.3 is 0 Å². The molecule has 0 aliphatic carbocycles. The lowest BCUT2D eigenvalue weighted by Gasteiger charge is -2.34. The van der Waals surface area contributed by atoms with Gasteiger partial charge in [0.25, 0.3) is 0 Å². The van der Waals surface area contributed by atoms with Gasteiger partial charge in [-0.3, -0.25) is 4.90 Å². The number of hydrogen-bond acceptors (Lipinski definition) is 5. The molecule has 1 fully saturated rings. The monoisotopic (exact) mass is 372 g/mol. The molecular weight excluding hydrogens is 348 g/mol. The first kappa shape index (κ1) is 17.1. The van der Waals surface area contributed by atoms with Crippen LogP contribution in [0.3, 0.4) is 0 Å². The number of benzene rings is 2. The molecule has 6 heteroatoms. The van der Waals surface area contributed by atoms with Crippen LogP contribution < -0.4 is 4.90 Å². The molecule has 1 aliphatic rings. The van der Waals surface area contributed by atoms with Gasteiger partial charge in [0.1, 0.15) is 5.52 Å². The summed E-state index contributed by atoms with van der Waals surface area (Å²) < 4.78 is 2.23. The van der Waals surface area contributed by atoms with Crippen LogP contribution in [0.15, 0.2) is 54.6 Å². The lowest BCUT2D eigenvalue weighted by atomic mass is 10.2. The molecule has 0 spiro atoms. The van der Waals surface area contributed by atoms with Crippen LogP contribution in [0.1, 0.15) is 12.5 Å². The molecule has 5 rings (SSSR count). The van der Waals surface area contributed by atoms with Crippen LogP contribution in [-0.2, 0) is 13.1 Å². The summed E-state index contributed by atoms with van der Waals surface area (Å²) in [5.74, 6) is 0.740. The average Bonchev–Trinajstić information content (AvgIpc) is 3.08. The van der Waals surface area contributed by atoms with E-state index in [1.54, 1.807) is 0 Å². The molecule has 2 aromatic heterocycles. The lowest BCUT2D eigenvalue weighted by molar-refractivity contribution is 0.248. The summed E-state index contributed by atoms with van der Waals surface area (Å²) in [4.78, 5) is 9.66. The Labute approximate surface area is 164 Å². The third-order valence-electron chi connectivity index (χ3n) is 5.58. The minimum atomic E-state index is 0.740. The number of nitrogens with zero attached hydrogens (tertiary/aromatic N) is 6. The Kier molecular flexibility index (Phi) is 4.41. The normalized spacial score (nSPS) is 15.5. The summed E-state index contributed by atoms with van der Waals surface area (Å²) in [7, 11) is 0. The van der Waals surface area contributed by atoms with E-state index in [9.17, 15) is 0 Å². The first-order valence-electron chi connectivity index (χ1n) is 9.96. The van der Waals surface area contributed by atoms with Crippen molar-refractivity contribution in [2.24, 2.45) is 0 Å². The largest absolute Gasteiger partial charge is 0.337 e. The predicted molar refractivity (Wildman–Crippen MR) is 112 cm³/mol. The van der Waals surface area contributed by atoms with Gasteiger partial charge in [-0.05, 0) is 18.6 Å². The standard InChI is InChI=1S/C22H24N6/c1-2-28-19-11-7-6-10-18(19)20-21(28)23-22(25-24-20)27-14-12-26(13-15-27)16-17-8-4-3-5-9-17/h3-11H,2,12-16H2,1H3. The zero-order valence-electron chi connectivity index (χ0n) is 16.1. The van der Waals surface area contributed by atoms with Crippen molar-refractivity contribution in [3.63, 3.8) is 0 Å². The van der Waals surface area contributed by atoms with Crippen LogP contribution in [0, 0.1) is 0 Å². The first-order chi connectivity index (χ1) is 13.8. The molecule has 142 valence electrons. The average molecular weight is 372 g/mol. The summed E-state index contributed by atoms with van der Waals surface area (Å²) in [6.45, 7) is 7.87. The molecule has 0 amide bonds. The van der Waals surface area contributed by atoms with Gasteiger partial charge in [-0.1, -0.05) is 48.5 Å². The van der Waals surface area contributed by atoms with Crippen molar-refractivity contribution in [3.05, 3.63) is 60.2 Å². The smallest absolute Gasteiger partial charge is 0.247 e. The van der Waals surface area contributed by atoms with Gasteiger partial charge in [0.15, 0.2) is 5.65 Å². The van der Waals surface area contributed by atoms with Crippen molar-refractivity contribution in [3.8, 4) is 0 Å². The third kappa shape index (κ3) is 2.99. The number of anilines is 1. The van der Waals surface area contributed by atoms with E-state index < -0.39 is 0 Å². The number of rotatable bonds is 4. The maximum absolute atomic E-state index is 4.91. The highest BCUT2D eigenvalue weighted by atomic mass is 15.4. The summed E-state index contributed by atoms with van der Waals surface area (Å²) in [5, 5.41) is 10.1. The van der Waals surface area contributed by atoms with Crippen LogP contribution >= 0.6 is 0 Å². The number of piperazine rings is 1. The molecule has 0 saturated carbocycles. The maximum atomic E-state index is 4.91. The number of aromatic nitrogens is 4. The van der Waals surface area contributed by atoms with Gasteiger partial charge in [-0.25, -0.2) is 0 Å². The zero-order chi connectivity index (χ0) is 18.9. The Morgan fingerprint density at radius 2 is 1.61 bits per heavy atom. The molecule has 0 unspecified atom stereocenters. The predicted octanol–water partition coefficient (Wildman–Crippen LogP) is 3.32. The second-order valence-corrected chi connectivity index (χ2v) is 7.29. The van der Waals surface area contributed by atoms with Crippen LogP contribution in [0.2, 0.25) is 0 Å². The molecule has 0 N–H and O–H groups in total. The first-order valence-corrected chi connectivity index (χ1v) is 9.96. The Bertz CT molecular complexity index is 1100. The van der Waals surface area contributed by atoms with E-state index in [0.29, 0.717) is 0 Å². The molecule has 6 nitrogen and oxygen atoms in total. The van der Waals surface area contributed by atoms with Crippen LogP contribution in [0.25, 0.3) is 22.1 Å². The van der Waals surface area contributed by atoms with Gasteiger partial charge in [-0.15, -0.1) is 10.2 Å². The number of aryl methyl sites for hydroxylation is 1. The topological polar surface area (TPSA) is 50.1 Å². The molecular formula is C22H24N6. The van der Waals surface area contributed by atoms with Gasteiger partial charge in [0, 0.05) is 44.7 Å². The van der Waals surface area contributed by atoms with E-state index in [1.807, 2.05) is 6.07 Å². The summed E-state index contributed by atoms with van der Waals surface area (Å²) >= 11 is 0. The van der Waals surface area contributed by atoms with Crippen LogP contribution in [-0.4, -0.2) is 50.8 Å². The molecule has 4 aromatic rings. The second kappa shape index (κ2) is 7.20. The Hall–Kier alpha value is -2.99. The molecule has 1 aliphatic heterocycles. The Morgan fingerprint density at radius 1 is 0.857 bits per heavy atom. The van der Waals surface area contributed by atoms with E-state index in [4.69, 9.17) is 4.98 Å². The van der Waals surface area contributed by atoms with Gasteiger partial charge in [-0.2, -0.15) is 4.98 Å². The number of hydrogen-bond donors (Lipinski definition) is 0. The van der Waals surface area contributed by atoms with Crippen molar-refractivity contribution in [1.82, 2.24) is 24.6 Å². The van der Waals surface area contributed by atoms with Crippen molar-refractivity contribution in [1.29, 1.82) is 0 Å². The van der Waals surface area contributed by atoms with Crippen molar-refractivity contribution >= 4 is 28.0 Å². The highest BCUT2D eigenvalue weighted by molar-refractivity contribution is 6.04.